The summed E-state index contributed by atoms with van der Waals surface area (Å²) in [5.41, 5.74) is 0.914. The monoisotopic (exact) mass is 517 g/mol. The fourth-order valence-electron chi connectivity index (χ4n) is 4.34. The number of guanidine groups is 1. The standard InChI is InChI=1S/C20H31N5O3.HI/c1-21-19(22-15-17-7-3-4-8-18(17)25(26)27)23-16-20(9-5-2-6-10-20)24-11-13-28-14-12-24;/h3-4,7-8H,2,5-6,9-16H2,1H3,(H2,21,22,23);1H. The lowest BCUT2D eigenvalue weighted by Gasteiger charge is -2.48. The van der Waals surface area contributed by atoms with Crippen LogP contribution in [-0.2, 0) is 11.3 Å². The fourth-order valence-corrected chi connectivity index (χ4v) is 4.34. The average molecular weight is 517 g/mol. The second kappa shape index (κ2) is 11.7. The number of nitro benzene ring substituents is 1. The molecule has 0 radical (unpaired) electrons. The highest BCUT2D eigenvalue weighted by Gasteiger charge is 2.38. The fraction of sp³-hybridized carbons (Fsp3) is 0.650. The van der Waals surface area contributed by atoms with Crippen LogP contribution in [0, 0.1) is 10.1 Å². The predicted molar refractivity (Wildman–Crippen MR) is 125 cm³/mol. The summed E-state index contributed by atoms with van der Waals surface area (Å²) in [6.45, 7) is 4.73. The molecule has 1 aromatic rings. The minimum atomic E-state index is -0.345. The van der Waals surface area contributed by atoms with Crippen LogP contribution in [0.3, 0.4) is 0 Å². The molecule has 2 aliphatic rings. The molecule has 1 aliphatic carbocycles. The molecule has 1 aliphatic heterocycles. The van der Waals surface area contributed by atoms with E-state index in [9.17, 15) is 10.1 Å². The number of aliphatic imine (C=N–C) groups is 1. The highest BCUT2D eigenvalue weighted by Crippen LogP contribution is 2.33. The van der Waals surface area contributed by atoms with Gasteiger partial charge in [-0.25, -0.2) is 0 Å². The Hall–Kier alpha value is -1.46. The molecule has 8 nitrogen and oxygen atoms in total. The molecule has 9 heteroatoms. The van der Waals surface area contributed by atoms with Crippen LogP contribution in [0.25, 0.3) is 0 Å². The van der Waals surface area contributed by atoms with Gasteiger partial charge in [-0.15, -0.1) is 24.0 Å². The van der Waals surface area contributed by atoms with Gasteiger partial charge in [-0.1, -0.05) is 37.5 Å². The third-order valence-electron chi connectivity index (χ3n) is 5.91. The van der Waals surface area contributed by atoms with Crippen molar-refractivity contribution < 1.29 is 9.66 Å². The van der Waals surface area contributed by atoms with Gasteiger partial charge in [0.25, 0.3) is 5.69 Å². The summed E-state index contributed by atoms with van der Waals surface area (Å²) >= 11 is 0. The SMILES string of the molecule is CN=C(NCc1ccccc1[N+](=O)[O-])NCC1(N2CCOCC2)CCCCC1.I. The van der Waals surface area contributed by atoms with Crippen LogP contribution in [0.2, 0.25) is 0 Å². The van der Waals surface area contributed by atoms with Crippen molar-refractivity contribution >= 4 is 35.6 Å². The van der Waals surface area contributed by atoms with Gasteiger partial charge in [0.05, 0.1) is 18.1 Å². The molecule has 162 valence electrons. The Morgan fingerprint density at radius 3 is 2.55 bits per heavy atom. The van der Waals surface area contributed by atoms with E-state index < -0.39 is 0 Å². The normalized spacial score (nSPS) is 19.8. The summed E-state index contributed by atoms with van der Waals surface area (Å²) in [7, 11) is 1.73. The van der Waals surface area contributed by atoms with Crippen LogP contribution in [0.5, 0.6) is 0 Å². The second-order valence-electron chi connectivity index (χ2n) is 7.55. The van der Waals surface area contributed by atoms with Crippen LogP contribution in [0.1, 0.15) is 37.7 Å². The molecule has 0 spiro atoms. The van der Waals surface area contributed by atoms with Crippen LogP contribution < -0.4 is 10.6 Å². The minimum absolute atomic E-state index is 0. The van der Waals surface area contributed by atoms with E-state index in [-0.39, 0.29) is 40.1 Å². The molecule has 29 heavy (non-hydrogen) atoms. The smallest absolute Gasteiger partial charge is 0.274 e. The Morgan fingerprint density at radius 2 is 1.90 bits per heavy atom. The third kappa shape index (κ3) is 6.26. The van der Waals surface area contributed by atoms with E-state index in [0.717, 1.165) is 32.8 Å². The first-order valence-electron chi connectivity index (χ1n) is 10.1. The van der Waals surface area contributed by atoms with Crippen LogP contribution in [0.15, 0.2) is 29.3 Å². The molecule has 0 atom stereocenters. The Kier molecular flexibility index (Phi) is 9.57. The van der Waals surface area contributed by atoms with Gasteiger partial charge in [0, 0.05) is 50.4 Å². The number of nitrogens with zero attached hydrogens (tertiary/aromatic N) is 3. The molecule has 1 saturated carbocycles. The van der Waals surface area contributed by atoms with Gasteiger partial charge in [0.15, 0.2) is 5.96 Å². The molecule has 0 unspecified atom stereocenters. The van der Waals surface area contributed by atoms with Crippen molar-refractivity contribution in [2.45, 2.75) is 44.2 Å². The Morgan fingerprint density at radius 1 is 1.21 bits per heavy atom. The van der Waals surface area contributed by atoms with Gasteiger partial charge in [-0.3, -0.25) is 20.0 Å². The largest absolute Gasteiger partial charge is 0.379 e. The number of halogens is 1. The number of hydrogen-bond donors (Lipinski definition) is 2. The summed E-state index contributed by atoms with van der Waals surface area (Å²) in [6, 6.07) is 6.80. The number of para-hydroxylation sites is 1. The first-order chi connectivity index (χ1) is 13.6. The minimum Gasteiger partial charge on any atom is -0.379 e. The van der Waals surface area contributed by atoms with Gasteiger partial charge in [0.2, 0.25) is 0 Å². The van der Waals surface area contributed by atoms with E-state index >= 15 is 0 Å². The maximum Gasteiger partial charge on any atom is 0.274 e. The molecule has 2 fully saturated rings. The van der Waals surface area contributed by atoms with Crippen molar-refractivity contribution in [3.63, 3.8) is 0 Å². The lowest BCUT2D eigenvalue weighted by Crippen LogP contribution is -2.60. The molecule has 0 bridgehead atoms. The molecule has 0 aromatic heterocycles. The molecular formula is C20H32IN5O3. The topological polar surface area (TPSA) is 92.0 Å². The van der Waals surface area contributed by atoms with E-state index in [0.29, 0.717) is 18.1 Å². The number of hydrogen-bond acceptors (Lipinski definition) is 5. The van der Waals surface area contributed by atoms with Crippen molar-refractivity contribution in [2.75, 3.05) is 39.9 Å². The number of ether oxygens (including phenoxy) is 1. The number of morpholine rings is 1. The van der Waals surface area contributed by atoms with Gasteiger partial charge in [0.1, 0.15) is 0 Å². The highest BCUT2D eigenvalue weighted by molar-refractivity contribution is 14.0. The van der Waals surface area contributed by atoms with E-state index in [2.05, 4.69) is 20.5 Å². The van der Waals surface area contributed by atoms with Crippen molar-refractivity contribution in [1.82, 2.24) is 15.5 Å². The molecule has 3 rings (SSSR count). The highest BCUT2D eigenvalue weighted by atomic mass is 127. The summed E-state index contributed by atoms with van der Waals surface area (Å²) < 4.78 is 5.55. The maximum atomic E-state index is 11.2. The Labute approximate surface area is 189 Å². The Bertz CT molecular complexity index is 688. The molecule has 1 heterocycles. The van der Waals surface area contributed by atoms with Crippen LogP contribution in [-0.4, -0.2) is 61.2 Å². The quantitative estimate of drug-likeness (QED) is 0.198. The molecule has 0 amide bonds. The van der Waals surface area contributed by atoms with Crippen LogP contribution in [0.4, 0.5) is 5.69 Å². The first kappa shape index (κ1) is 23.8. The zero-order valence-corrected chi connectivity index (χ0v) is 19.4. The van der Waals surface area contributed by atoms with Gasteiger partial charge in [-0.05, 0) is 12.8 Å². The summed E-state index contributed by atoms with van der Waals surface area (Å²) in [5.74, 6) is 0.677. The van der Waals surface area contributed by atoms with Gasteiger partial charge in [-0.2, -0.15) is 0 Å². The summed E-state index contributed by atoms with van der Waals surface area (Å²) in [5, 5.41) is 17.9. The number of rotatable bonds is 6. The summed E-state index contributed by atoms with van der Waals surface area (Å²) in [6.07, 6.45) is 6.17. The molecule has 1 saturated heterocycles. The molecule has 1 aromatic carbocycles. The average Bonchev–Trinajstić information content (AvgIpc) is 2.75. The van der Waals surface area contributed by atoms with Gasteiger partial charge >= 0.3 is 0 Å². The molecular weight excluding hydrogens is 485 g/mol. The van der Waals surface area contributed by atoms with E-state index in [1.807, 2.05) is 6.07 Å². The van der Waals surface area contributed by atoms with Crippen molar-refractivity contribution in [2.24, 2.45) is 4.99 Å². The number of nitrogens with one attached hydrogen (secondary N) is 2. The molecule has 2 N–H and O–H groups in total. The van der Waals surface area contributed by atoms with E-state index in [1.54, 1.807) is 19.2 Å². The van der Waals surface area contributed by atoms with Crippen molar-refractivity contribution in [3.8, 4) is 0 Å². The second-order valence-corrected chi connectivity index (χ2v) is 7.55. The zero-order chi connectivity index (χ0) is 19.8. The maximum absolute atomic E-state index is 11.2. The van der Waals surface area contributed by atoms with Gasteiger partial charge < -0.3 is 15.4 Å². The predicted octanol–water partition coefficient (Wildman–Crippen LogP) is 2.91. The lowest BCUT2D eigenvalue weighted by atomic mass is 9.80. The van der Waals surface area contributed by atoms with Crippen molar-refractivity contribution in [1.29, 1.82) is 0 Å². The Balaban J connectivity index is 0.00000300. The third-order valence-corrected chi connectivity index (χ3v) is 5.91. The number of benzene rings is 1. The van der Waals surface area contributed by atoms with E-state index in [4.69, 9.17) is 4.74 Å². The van der Waals surface area contributed by atoms with Crippen LogP contribution >= 0.6 is 24.0 Å². The summed E-state index contributed by atoms with van der Waals surface area (Å²) in [4.78, 5) is 17.8. The number of nitro groups is 1. The first-order valence-corrected chi connectivity index (χ1v) is 10.1. The zero-order valence-electron chi connectivity index (χ0n) is 17.1. The van der Waals surface area contributed by atoms with Crippen molar-refractivity contribution in [3.05, 3.63) is 39.9 Å². The lowest BCUT2D eigenvalue weighted by molar-refractivity contribution is -0.385. The van der Waals surface area contributed by atoms with E-state index in [1.165, 1.54) is 38.2 Å².